The Bertz CT molecular complexity index is 1100. The standard InChI is InChI=1S/C18H19FN4O3S4/c1-30(25,26)21-9-8-14-6-7-16(28-14)15(24)11-27-18-23-22-17(29-18)20-10-12-2-4-13(19)5-3-12/h2-7,21H,8-11H2,1H3,(H,20,22). The number of Topliss-reactive ketones (excluding diaryl/α,β-unsaturated/α-hetero) is 1. The van der Waals surface area contributed by atoms with Gasteiger partial charge in [-0.2, -0.15) is 0 Å². The molecule has 1 aromatic carbocycles. The zero-order chi connectivity index (χ0) is 21.6. The SMILES string of the molecule is CS(=O)(=O)NCCc1ccc(C(=O)CSc2nnc(NCc3ccc(F)cc3)s2)s1. The van der Waals surface area contributed by atoms with E-state index < -0.39 is 10.0 Å². The molecule has 0 aliphatic heterocycles. The molecule has 3 rings (SSSR count). The number of halogens is 1. The molecular weight excluding hydrogens is 467 g/mol. The summed E-state index contributed by atoms with van der Waals surface area (Å²) in [6, 6.07) is 9.81. The molecule has 0 bridgehead atoms. The third-order valence-corrected chi connectivity index (χ3v) is 7.69. The number of aromatic nitrogens is 2. The molecule has 2 aromatic heterocycles. The van der Waals surface area contributed by atoms with Gasteiger partial charge < -0.3 is 5.32 Å². The first kappa shape index (κ1) is 22.8. The Morgan fingerprint density at radius 1 is 1.13 bits per heavy atom. The number of carbonyl (C=O) groups is 1. The normalized spacial score (nSPS) is 11.5. The number of nitrogens with zero attached hydrogens (tertiary/aromatic N) is 2. The van der Waals surface area contributed by atoms with Gasteiger partial charge in [0.2, 0.25) is 15.2 Å². The minimum absolute atomic E-state index is 0.0108. The molecule has 0 saturated heterocycles. The Balaban J connectivity index is 1.44. The molecule has 160 valence electrons. The number of nitrogens with one attached hydrogen (secondary N) is 2. The van der Waals surface area contributed by atoms with E-state index >= 15 is 0 Å². The van der Waals surface area contributed by atoms with E-state index in [1.807, 2.05) is 6.07 Å². The van der Waals surface area contributed by atoms with Crippen LogP contribution in [0.2, 0.25) is 0 Å². The number of rotatable bonds is 11. The van der Waals surface area contributed by atoms with E-state index in [1.165, 1.54) is 46.6 Å². The summed E-state index contributed by atoms with van der Waals surface area (Å²) in [7, 11) is -3.21. The number of benzene rings is 1. The van der Waals surface area contributed by atoms with Crippen LogP contribution in [0, 0.1) is 5.82 Å². The summed E-state index contributed by atoms with van der Waals surface area (Å²) in [6.45, 7) is 0.810. The van der Waals surface area contributed by atoms with Crippen LogP contribution in [-0.4, -0.2) is 43.0 Å². The highest BCUT2D eigenvalue weighted by Gasteiger charge is 2.13. The molecule has 0 aliphatic rings. The Labute approximate surface area is 186 Å². The van der Waals surface area contributed by atoms with Gasteiger partial charge in [-0.15, -0.1) is 21.5 Å². The van der Waals surface area contributed by atoms with Crippen LogP contribution in [0.15, 0.2) is 40.7 Å². The van der Waals surface area contributed by atoms with E-state index in [0.717, 1.165) is 16.7 Å². The molecule has 0 radical (unpaired) electrons. The maximum absolute atomic E-state index is 12.9. The first-order valence-electron chi connectivity index (χ1n) is 8.80. The van der Waals surface area contributed by atoms with E-state index in [2.05, 4.69) is 20.2 Å². The number of sulfonamides is 1. The fourth-order valence-corrected chi connectivity index (χ4v) is 5.48. The zero-order valence-electron chi connectivity index (χ0n) is 15.9. The number of anilines is 1. The molecule has 2 N–H and O–H groups in total. The molecule has 3 aromatic rings. The van der Waals surface area contributed by atoms with Crippen LogP contribution >= 0.6 is 34.4 Å². The number of ketones is 1. The number of hydrogen-bond acceptors (Lipinski definition) is 9. The molecule has 0 spiro atoms. The van der Waals surface area contributed by atoms with Crippen LogP contribution in [0.1, 0.15) is 20.1 Å². The highest BCUT2D eigenvalue weighted by atomic mass is 32.2. The van der Waals surface area contributed by atoms with Crippen LogP contribution in [-0.2, 0) is 23.0 Å². The summed E-state index contributed by atoms with van der Waals surface area (Å²) in [5, 5.41) is 11.9. The van der Waals surface area contributed by atoms with Gasteiger partial charge in [-0.25, -0.2) is 17.5 Å². The summed E-state index contributed by atoms with van der Waals surface area (Å²) in [4.78, 5) is 14.0. The summed E-state index contributed by atoms with van der Waals surface area (Å²) >= 11 is 4.04. The summed E-state index contributed by atoms with van der Waals surface area (Å²) < 4.78 is 38.2. The quantitative estimate of drug-likeness (QED) is 0.316. The lowest BCUT2D eigenvalue weighted by molar-refractivity contribution is 0.102. The van der Waals surface area contributed by atoms with Crippen molar-refractivity contribution < 1.29 is 17.6 Å². The van der Waals surface area contributed by atoms with Crippen LogP contribution in [0.4, 0.5) is 9.52 Å². The molecule has 7 nitrogen and oxygen atoms in total. The van der Waals surface area contributed by atoms with E-state index in [1.54, 1.807) is 18.2 Å². The minimum atomic E-state index is -3.21. The smallest absolute Gasteiger partial charge is 0.208 e. The predicted molar refractivity (Wildman–Crippen MR) is 120 cm³/mol. The largest absolute Gasteiger partial charge is 0.356 e. The topological polar surface area (TPSA) is 101 Å². The van der Waals surface area contributed by atoms with Crippen molar-refractivity contribution in [3.05, 3.63) is 57.5 Å². The van der Waals surface area contributed by atoms with Crippen LogP contribution in [0.25, 0.3) is 0 Å². The Hall–Kier alpha value is -1.86. The molecule has 0 unspecified atom stereocenters. The molecule has 0 saturated carbocycles. The van der Waals surface area contributed by atoms with Crippen molar-refractivity contribution in [2.24, 2.45) is 0 Å². The lowest BCUT2D eigenvalue weighted by atomic mass is 10.2. The Morgan fingerprint density at radius 2 is 1.90 bits per heavy atom. The van der Waals surface area contributed by atoms with E-state index in [9.17, 15) is 17.6 Å². The molecule has 0 aliphatic carbocycles. The highest BCUT2D eigenvalue weighted by Crippen LogP contribution is 2.27. The third-order valence-electron chi connectivity index (χ3n) is 3.76. The Morgan fingerprint density at radius 3 is 2.63 bits per heavy atom. The van der Waals surface area contributed by atoms with Crippen molar-refractivity contribution in [1.29, 1.82) is 0 Å². The Kier molecular flexibility index (Phi) is 7.94. The maximum Gasteiger partial charge on any atom is 0.208 e. The van der Waals surface area contributed by atoms with Gasteiger partial charge in [0.1, 0.15) is 5.82 Å². The molecule has 12 heteroatoms. The van der Waals surface area contributed by atoms with Crippen molar-refractivity contribution in [1.82, 2.24) is 14.9 Å². The summed E-state index contributed by atoms with van der Waals surface area (Å²) in [5.41, 5.74) is 0.927. The average Bonchev–Trinajstić information content (AvgIpc) is 3.34. The van der Waals surface area contributed by atoms with Crippen molar-refractivity contribution in [2.45, 2.75) is 17.3 Å². The monoisotopic (exact) mass is 486 g/mol. The molecule has 0 fully saturated rings. The average molecular weight is 487 g/mol. The number of hydrogen-bond donors (Lipinski definition) is 2. The van der Waals surface area contributed by atoms with Crippen molar-refractivity contribution in [3.8, 4) is 0 Å². The van der Waals surface area contributed by atoms with Gasteiger partial charge in [0.25, 0.3) is 0 Å². The second-order valence-electron chi connectivity index (χ2n) is 6.25. The molecule has 30 heavy (non-hydrogen) atoms. The lowest BCUT2D eigenvalue weighted by Gasteiger charge is -2.01. The van der Waals surface area contributed by atoms with Crippen molar-refractivity contribution >= 4 is 55.4 Å². The molecule has 0 atom stereocenters. The van der Waals surface area contributed by atoms with Crippen LogP contribution < -0.4 is 10.0 Å². The van der Waals surface area contributed by atoms with E-state index in [-0.39, 0.29) is 17.4 Å². The van der Waals surface area contributed by atoms with Gasteiger partial charge in [-0.1, -0.05) is 35.2 Å². The highest BCUT2D eigenvalue weighted by molar-refractivity contribution is 8.01. The van der Waals surface area contributed by atoms with Crippen molar-refractivity contribution in [3.63, 3.8) is 0 Å². The van der Waals surface area contributed by atoms with Gasteiger partial charge in [-0.3, -0.25) is 4.79 Å². The third kappa shape index (κ3) is 7.43. The fraction of sp³-hybridized carbons (Fsp3) is 0.278. The minimum Gasteiger partial charge on any atom is -0.356 e. The van der Waals surface area contributed by atoms with Gasteiger partial charge in [0, 0.05) is 18.0 Å². The predicted octanol–water partition coefficient (Wildman–Crippen LogP) is 3.42. The van der Waals surface area contributed by atoms with Gasteiger partial charge in [0.05, 0.1) is 16.9 Å². The second-order valence-corrected chi connectivity index (χ2v) is 11.4. The van der Waals surface area contributed by atoms with Gasteiger partial charge >= 0.3 is 0 Å². The number of carbonyl (C=O) groups excluding carboxylic acids is 1. The zero-order valence-corrected chi connectivity index (χ0v) is 19.2. The van der Waals surface area contributed by atoms with Gasteiger partial charge in [0.15, 0.2) is 10.1 Å². The van der Waals surface area contributed by atoms with Crippen molar-refractivity contribution in [2.75, 3.05) is 23.9 Å². The first-order valence-corrected chi connectivity index (χ1v) is 13.3. The number of thiophene rings is 1. The molecule has 0 amide bonds. The van der Waals surface area contributed by atoms with Gasteiger partial charge in [-0.05, 0) is 36.2 Å². The van der Waals surface area contributed by atoms with Crippen LogP contribution in [0.5, 0.6) is 0 Å². The number of thioether (sulfide) groups is 1. The summed E-state index contributed by atoms with van der Waals surface area (Å²) in [5.74, 6) is -0.0430. The molecular formula is C18H19FN4O3S4. The maximum atomic E-state index is 12.9. The second kappa shape index (κ2) is 10.4. The fourth-order valence-electron chi connectivity index (χ4n) is 2.34. The lowest BCUT2D eigenvalue weighted by Crippen LogP contribution is -2.23. The summed E-state index contributed by atoms with van der Waals surface area (Å²) in [6.07, 6.45) is 1.66. The van der Waals surface area contributed by atoms with E-state index in [0.29, 0.717) is 33.9 Å². The van der Waals surface area contributed by atoms with Crippen LogP contribution in [0.3, 0.4) is 0 Å². The molecule has 2 heterocycles. The first-order chi connectivity index (χ1) is 14.3. The van der Waals surface area contributed by atoms with E-state index in [4.69, 9.17) is 0 Å².